The Morgan fingerprint density at radius 3 is 2.65 bits per heavy atom. The molecule has 0 amide bonds. The highest BCUT2D eigenvalue weighted by atomic mass is 16.5. The van der Waals surface area contributed by atoms with Crippen LogP contribution in [-0.4, -0.2) is 50.3 Å². The zero-order chi connectivity index (χ0) is 14.4. The molecule has 0 radical (unpaired) electrons. The average Bonchev–Trinajstić information content (AvgIpc) is 2.44. The summed E-state index contributed by atoms with van der Waals surface area (Å²) in [5, 5.41) is 3.68. The largest absolute Gasteiger partial charge is 0.381 e. The molecular formula is C17H34N2O. The van der Waals surface area contributed by atoms with E-state index in [4.69, 9.17) is 4.74 Å². The summed E-state index contributed by atoms with van der Waals surface area (Å²) < 4.78 is 5.62. The van der Waals surface area contributed by atoms with E-state index in [1.807, 2.05) is 0 Å². The zero-order valence-electron chi connectivity index (χ0n) is 13.8. The second kappa shape index (κ2) is 7.77. The highest BCUT2D eigenvalue weighted by Gasteiger charge is 2.36. The average molecular weight is 282 g/mol. The fourth-order valence-electron chi connectivity index (χ4n) is 3.85. The minimum Gasteiger partial charge on any atom is -0.381 e. The summed E-state index contributed by atoms with van der Waals surface area (Å²) in [5.41, 5.74) is 0.447. The van der Waals surface area contributed by atoms with Crippen LogP contribution in [0, 0.1) is 11.3 Å². The lowest BCUT2D eigenvalue weighted by Gasteiger charge is -2.45. The van der Waals surface area contributed by atoms with Crippen LogP contribution < -0.4 is 5.32 Å². The van der Waals surface area contributed by atoms with Crippen molar-refractivity contribution in [3.8, 4) is 0 Å². The van der Waals surface area contributed by atoms with Crippen molar-refractivity contribution in [3.05, 3.63) is 0 Å². The van der Waals surface area contributed by atoms with Crippen LogP contribution in [0.4, 0.5) is 0 Å². The predicted molar refractivity (Wildman–Crippen MR) is 85.1 cm³/mol. The van der Waals surface area contributed by atoms with E-state index in [9.17, 15) is 0 Å². The normalized spacial score (nSPS) is 31.4. The lowest BCUT2D eigenvalue weighted by atomic mass is 9.78. The van der Waals surface area contributed by atoms with Crippen molar-refractivity contribution in [1.29, 1.82) is 0 Å². The van der Waals surface area contributed by atoms with Crippen LogP contribution in [0.25, 0.3) is 0 Å². The summed E-state index contributed by atoms with van der Waals surface area (Å²) in [4.78, 5) is 2.75. The molecule has 3 heteroatoms. The highest BCUT2D eigenvalue weighted by molar-refractivity contribution is 4.90. The molecule has 2 aliphatic heterocycles. The van der Waals surface area contributed by atoms with E-state index in [0.29, 0.717) is 5.41 Å². The topological polar surface area (TPSA) is 24.5 Å². The molecule has 2 saturated heterocycles. The molecule has 0 saturated carbocycles. The summed E-state index contributed by atoms with van der Waals surface area (Å²) in [6, 6.07) is 0.754. The van der Waals surface area contributed by atoms with Gasteiger partial charge in [0.05, 0.1) is 0 Å². The summed E-state index contributed by atoms with van der Waals surface area (Å²) in [6.45, 7) is 13.8. The van der Waals surface area contributed by atoms with Gasteiger partial charge in [0.15, 0.2) is 0 Å². The third-order valence-corrected chi connectivity index (χ3v) is 5.29. The van der Waals surface area contributed by atoms with Gasteiger partial charge in [-0.05, 0) is 63.5 Å². The maximum atomic E-state index is 5.62. The third-order valence-electron chi connectivity index (χ3n) is 5.29. The molecule has 0 bridgehead atoms. The zero-order valence-corrected chi connectivity index (χ0v) is 13.8. The Kier molecular flexibility index (Phi) is 6.31. The number of ether oxygens (including phenoxy) is 1. The molecule has 0 spiro atoms. The fourth-order valence-corrected chi connectivity index (χ4v) is 3.85. The molecule has 20 heavy (non-hydrogen) atoms. The molecule has 2 heterocycles. The number of hydrogen-bond acceptors (Lipinski definition) is 3. The monoisotopic (exact) mass is 282 g/mol. The van der Waals surface area contributed by atoms with Crippen LogP contribution in [0.5, 0.6) is 0 Å². The van der Waals surface area contributed by atoms with Gasteiger partial charge in [-0.25, -0.2) is 0 Å². The highest BCUT2D eigenvalue weighted by Crippen LogP contribution is 2.34. The van der Waals surface area contributed by atoms with E-state index >= 15 is 0 Å². The van der Waals surface area contributed by atoms with Gasteiger partial charge in [-0.3, -0.25) is 0 Å². The van der Waals surface area contributed by atoms with Crippen LogP contribution >= 0.6 is 0 Å². The smallest absolute Gasteiger partial charge is 0.0472 e. The first-order chi connectivity index (χ1) is 9.65. The predicted octanol–water partition coefficient (Wildman–Crippen LogP) is 2.90. The van der Waals surface area contributed by atoms with E-state index in [0.717, 1.165) is 31.7 Å². The first-order valence-electron chi connectivity index (χ1n) is 8.68. The van der Waals surface area contributed by atoms with Gasteiger partial charge in [0.2, 0.25) is 0 Å². The maximum absolute atomic E-state index is 5.62. The van der Waals surface area contributed by atoms with E-state index in [1.54, 1.807) is 0 Å². The van der Waals surface area contributed by atoms with Crippen LogP contribution in [0.15, 0.2) is 0 Å². The molecule has 0 aromatic rings. The molecule has 2 aliphatic rings. The van der Waals surface area contributed by atoms with Gasteiger partial charge in [-0.2, -0.15) is 0 Å². The van der Waals surface area contributed by atoms with Gasteiger partial charge in [-0.1, -0.05) is 13.8 Å². The molecule has 0 aliphatic carbocycles. The Bertz CT molecular complexity index is 276. The second-order valence-corrected chi connectivity index (χ2v) is 7.24. The summed E-state index contributed by atoms with van der Waals surface area (Å²) in [7, 11) is 0. The molecule has 2 unspecified atom stereocenters. The quantitative estimate of drug-likeness (QED) is 0.758. The Morgan fingerprint density at radius 1 is 1.25 bits per heavy atom. The molecule has 2 fully saturated rings. The van der Waals surface area contributed by atoms with Crippen LogP contribution in [0.2, 0.25) is 0 Å². The lowest BCUT2D eigenvalue weighted by Crippen LogP contribution is -2.51. The SMILES string of the molecule is CCCNCC1(CN2CCC(C)CC2C)CCOCC1. The molecule has 2 rings (SSSR count). The van der Waals surface area contributed by atoms with Gasteiger partial charge in [-0.15, -0.1) is 0 Å². The number of rotatable bonds is 6. The van der Waals surface area contributed by atoms with Crippen molar-refractivity contribution >= 4 is 0 Å². The molecule has 3 nitrogen and oxygen atoms in total. The summed E-state index contributed by atoms with van der Waals surface area (Å²) >= 11 is 0. The van der Waals surface area contributed by atoms with Crippen molar-refractivity contribution in [2.45, 2.75) is 58.9 Å². The van der Waals surface area contributed by atoms with Crippen molar-refractivity contribution in [3.63, 3.8) is 0 Å². The third kappa shape index (κ3) is 4.44. The molecule has 2 atom stereocenters. The number of piperidine rings is 1. The summed E-state index contributed by atoms with van der Waals surface area (Å²) in [6.07, 6.45) is 6.42. The Morgan fingerprint density at radius 2 is 2.00 bits per heavy atom. The molecule has 1 N–H and O–H groups in total. The number of nitrogens with zero attached hydrogens (tertiary/aromatic N) is 1. The van der Waals surface area contributed by atoms with Gasteiger partial charge >= 0.3 is 0 Å². The van der Waals surface area contributed by atoms with Crippen molar-refractivity contribution in [2.24, 2.45) is 11.3 Å². The van der Waals surface area contributed by atoms with Gasteiger partial charge in [0, 0.05) is 32.3 Å². The Hall–Kier alpha value is -0.120. The van der Waals surface area contributed by atoms with Gasteiger partial charge < -0.3 is 15.0 Å². The molecule has 118 valence electrons. The lowest BCUT2D eigenvalue weighted by molar-refractivity contribution is -0.0189. The van der Waals surface area contributed by atoms with Crippen LogP contribution in [0.3, 0.4) is 0 Å². The standard InChI is InChI=1S/C17H34N2O/c1-4-8-18-13-17(6-10-20-11-7-17)14-19-9-5-15(2)12-16(19)3/h15-16,18H,4-14H2,1-3H3. The number of nitrogens with one attached hydrogen (secondary N) is 1. The number of likely N-dealkylation sites (tertiary alicyclic amines) is 1. The molecule has 0 aromatic heterocycles. The minimum atomic E-state index is 0.447. The Balaban J connectivity index is 1.92. The van der Waals surface area contributed by atoms with Gasteiger partial charge in [0.25, 0.3) is 0 Å². The maximum Gasteiger partial charge on any atom is 0.0472 e. The van der Waals surface area contributed by atoms with E-state index in [1.165, 1.54) is 51.7 Å². The minimum absolute atomic E-state index is 0.447. The summed E-state index contributed by atoms with van der Waals surface area (Å²) in [5.74, 6) is 0.908. The van der Waals surface area contributed by atoms with E-state index in [-0.39, 0.29) is 0 Å². The van der Waals surface area contributed by atoms with Crippen molar-refractivity contribution in [2.75, 3.05) is 39.4 Å². The fraction of sp³-hybridized carbons (Fsp3) is 1.00. The van der Waals surface area contributed by atoms with E-state index < -0.39 is 0 Å². The van der Waals surface area contributed by atoms with Crippen molar-refractivity contribution < 1.29 is 4.74 Å². The number of hydrogen-bond donors (Lipinski definition) is 1. The Labute approximate surface area is 125 Å². The first-order valence-corrected chi connectivity index (χ1v) is 8.68. The van der Waals surface area contributed by atoms with Crippen LogP contribution in [-0.2, 0) is 4.74 Å². The first kappa shape index (κ1) is 16.3. The van der Waals surface area contributed by atoms with Crippen molar-refractivity contribution in [1.82, 2.24) is 10.2 Å². The molecule has 0 aromatic carbocycles. The van der Waals surface area contributed by atoms with Gasteiger partial charge in [0.1, 0.15) is 0 Å². The van der Waals surface area contributed by atoms with E-state index in [2.05, 4.69) is 31.0 Å². The second-order valence-electron chi connectivity index (χ2n) is 7.24. The molecular weight excluding hydrogens is 248 g/mol. The van der Waals surface area contributed by atoms with Crippen LogP contribution in [0.1, 0.15) is 52.9 Å².